The van der Waals surface area contributed by atoms with Gasteiger partial charge in [0.15, 0.2) is 5.96 Å². The van der Waals surface area contributed by atoms with Gasteiger partial charge in [-0.15, -0.1) is 11.3 Å². The molecule has 0 atom stereocenters. The number of nitrogens with one attached hydrogen (secondary N) is 2. The summed E-state index contributed by atoms with van der Waals surface area (Å²) in [6, 6.07) is 10.4. The first-order chi connectivity index (χ1) is 14.1. The molecule has 2 heterocycles. The molecule has 0 aliphatic rings. The zero-order valence-electron chi connectivity index (χ0n) is 17.7. The molecule has 3 aromatic rings. The molecule has 6 nitrogen and oxygen atoms in total. The zero-order valence-corrected chi connectivity index (χ0v) is 18.5. The Hall–Kier alpha value is -2.67. The lowest BCUT2D eigenvalue weighted by Gasteiger charge is -2.11. The molecule has 0 spiro atoms. The van der Waals surface area contributed by atoms with E-state index in [0.29, 0.717) is 6.54 Å². The van der Waals surface area contributed by atoms with Gasteiger partial charge in [-0.05, 0) is 33.3 Å². The molecule has 29 heavy (non-hydrogen) atoms. The second-order valence-electron chi connectivity index (χ2n) is 7.03. The summed E-state index contributed by atoms with van der Waals surface area (Å²) in [6.07, 6.45) is 2.83. The third kappa shape index (κ3) is 5.90. The number of aromatic nitrogens is 3. The number of hydrogen-bond acceptors (Lipinski definition) is 4. The van der Waals surface area contributed by atoms with Crippen LogP contribution in [0, 0.1) is 20.8 Å². The molecular formula is C22H30N6S. The Morgan fingerprint density at radius 2 is 1.93 bits per heavy atom. The van der Waals surface area contributed by atoms with Gasteiger partial charge in [0.05, 0.1) is 23.8 Å². The van der Waals surface area contributed by atoms with Crippen LogP contribution in [0.2, 0.25) is 0 Å². The maximum atomic E-state index is 4.79. The van der Waals surface area contributed by atoms with Crippen molar-refractivity contribution in [2.24, 2.45) is 4.99 Å². The Morgan fingerprint density at radius 1 is 1.14 bits per heavy atom. The standard InChI is InChI=1S/C22H30N6S/c1-5-23-22(24-12-11-21-25-13-16(2)29-21)26-14-20-17(3)27-28(18(20)4)15-19-9-7-6-8-10-19/h6-10,13H,5,11-12,14-15H2,1-4H3,(H2,23,24,26). The van der Waals surface area contributed by atoms with Gasteiger partial charge < -0.3 is 10.6 Å². The molecule has 3 rings (SSSR count). The van der Waals surface area contributed by atoms with E-state index >= 15 is 0 Å². The average molecular weight is 411 g/mol. The van der Waals surface area contributed by atoms with Crippen LogP contribution in [0.15, 0.2) is 41.5 Å². The molecule has 0 saturated carbocycles. The number of aryl methyl sites for hydroxylation is 2. The van der Waals surface area contributed by atoms with Gasteiger partial charge in [0.1, 0.15) is 0 Å². The lowest BCUT2D eigenvalue weighted by molar-refractivity contribution is 0.658. The third-order valence-corrected chi connectivity index (χ3v) is 5.72. The summed E-state index contributed by atoms with van der Waals surface area (Å²) in [5.74, 6) is 0.829. The summed E-state index contributed by atoms with van der Waals surface area (Å²) in [5.41, 5.74) is 4.65. The molecule has 0 bridgehead atoms. The summed E-state index contributed by atoms with van der Waals surface area (Å²) >= 11 is 1.75. The van der Waals surface area contributed by atoms with Gasteiger partial charge in [-0.2, -0.15) is 5.10 Å². The van der Waals surface area contributed by atoms with Crippen LogP contribution in [0.1, 0.15) is 39.3 Å². The minimum atomic E-state index is 0.609. The van der Waals surface area contributed by atoms with Crippen LogP contribution < -0.4 is 10.6 Å². The predicted octanol–water partition coefficient (Wildman–Crippen LogP) is 3.61. The molecule has 1 aromatic carbocycles. The van der Waals surface area contributed by atoms with E-state index in [1.165, 1.54) is 21.7 Å². The van der Waals surface area contributed by atoms with Crippen molar-refractivity contribution in [1.82, 2.24) is 25.4 Å². The summed E-state index contributed by atoms with van der Waals surface area (Å²) < 4.78 is 2.07. The molecule has 0 radical (unpaired) electrons. The first-order valence-corrected chi connectivity index (χ1v) is 10.9. The van der Waals surface area contributed by atoms with Crippen molar-refractivity contribution in [3.05, 3.63) is 68.9 Å². The molecule has 0 saturated heterocycles. The highest BCUT2D eigenvalue weighted by atomic mass is 32.1. The highest BCUT2D eigenvalue weighted by Gasteiger charge is 2.12. The normalized spacial score (nSPS) is 11.7. The Bertz CT molecular complexity index is 942. The molecule has 0 unspecified atom stereocenters. The highest BCUT2D eigenvalue weighted by molar-refractivity contribution is 7.11. The van der Waals surface area contributed by atoms with Crippen LogP contribution in [-0.4, -0.2) is 33.8 Å². The smallest absolute Gasteiger partial charge is 0.191 e. The predicted molar refractivity (Wildman–Crippen MR) is 121 cm³/mol. The van der Waals surface area contributed by atoms with Gasteiger partial charge in [0.2, 0.25) is 0 Å². The average Bonchev–Trinajstić information content (AvgIpc) is 3.24. The van der Waals surface area contributed by atoms with Crippen molar-refractivity contribution in [2.45, 2.75) is 47.2 Å². The van der Waals surface area contributed by atoms with Crippen molar-refractivity contribution < 1.29 is 0 Å². The number of benzene rings is 1. The fourth-order valence-corrected chi connectivity index (χ4v) is 3.96. The fourth-order valence-electron chi connectivity index (χ4n) is 3.18. The molecule has 7 heteroatoms. The number of hydrogen-bond donors (Lipinski definition) is 2. The summed E-state index contributed by atoms with van der Waals surface area (Å²) in [5, 5.41) is 12.6. The van der Waals surface area contributed by atoms with Gasteiger partial charge in [-0.1, -0.05) is 30.3 Å². The highest BCUT2D eigenvalue weighted by Crippen LogP contribution is 2.16. The van der Waals surface area contributed by atoms with Crippen molar-refractivity contribution in [2.75, 3.05) is 13.1 Å². The van der Waals surface area contributed by atoms with E-state index < -0.39 is 0 Å². The molecule has 2 aromatic heterocycles. The van der Waals surface area contributed by atoms with Gasteiger partial charge in [0.25, 0.3) is 0 Å². The van der Waals surface area contributed by atoms with Crippen molar-refractivity contribution in [3.63, 3.8) is 0 Å². The van der Waals surface area contributed by atoms with Crippen molar-refractivity contribution >= 4 is 17.3 Å². The van der Waals surface area contributed by atoms with Crippen molar-refractivity contribution in [3.8, 4) is 0 Å². The maximum Gasteiger partial charge on any atom is 0.191 e. The largest absolute Gasteiger partial charge is 0.357 e. The number of nitrogens with zero attached hydrogens (tertiary/aromatic N) is 4. The molecule has 0 aliphatic carbocycles. The van der Waals surface area contributed by atoms with Crippen LogP contribution in [0.5, 0.6) is 0 Å². The van der Waals surface area contributed by atoms with E-state index in [2.05, 4.69) is 72.3 Å². The third-order valence-electron chi connectivity index (χ3n) is 4.75. The number of guanidine groups is 1. The summed E-state index contributed by atoms with van der Waals surface area (Å²) in [4.78, 5) is 10.5. The van der Waals surface area contributed by atoms with E-state index in [9.17, 15) is 0 Å². The first-order valence-electron chi connectivity index (χ1n) is 10.1. The molecule has 0 aliphatic heterocycles. The number of thiazole rings is 1. The lowest BCUT2D eigenvalue weighted by atomic mass is 10.2. The summed E-state index contributed by atoms with van der Waals surface area (Å²) in [6.45, 7) is 11.4. The Kier molecular flexibility index (Phi) is 7.41. The quantitative estimate of drug-likeness (QED) is 0.440. The Balaban J connectivity index is 1.63. The van der Waals surface area contributed by atoms with E-state index in [1.54, 1.807) is 11.3 Å². The monoisotopic (exact) mass is 410 g/mol. The van der Waals surface area contributed by atoms with Gasteiger partial charge in [0, 0.05) is 41.8 Å². The maximum absolute atomic E-state index is 4.79. The van der Waals surface area contributed by atoms with Gasteiger partial charge >= 0.3 is 0 Å². The second-order valence-corrected chi connectivity index (χ2v) is 8.35. The van der Waals surface area contributed by atoms with E-state index in [4.69, 9.17) is 10.1 Å². The van der Waals surface area contributed by atoms with Crippen LogP contribution in [-0.2, 0) is 19.5 Å². The zero-order chi connectivity index (χ0) is 20.6. The molecule has 0 amide bonds. The first kappa shape index (κ1) is 21.0. The van der Waals surface area contributed by atoms with E-state index in [1.807, 2.05) is 12.3 Å². The van der Waals surface area contributed by atoms with Crippen LogP contribution in [0.25, 0.3) is 0 Å². The fraction of sp³-hybridized carbons (Fsp3) is 0.409. The molecule has 154 valence electrons. The SMILES string of the molecule is CCNC(=NCc1c(C)nn(Cc2ccccc2)c1C)NCCc1ncc(C)s1. The second kappa shape index (κ2) is 10.2. The molecule has 0 fully saturated rings. The Labute approximate surface area is 177 Å². The molecule has 2 N–H and O–H groups in total. The van der Waals surface area contributed by atoms with Crippen LogP contribution in [0.4, 0.5) is 0 Å². The van der Waals surface area contributed by atoms with Crippen LogP contribution >= 0.6 is 11.3 Å². The van der Waals surface area contributed by atoms with Crippen molar-refractivity contribution in [1.29, 1.82) is 0 Å². The lowest BCUT2D eigenvalue weighted by Crippen LogP contribution is -2.38. The van der Waals surface area contributed by atoms with E-state index in [0.717, 1.165) is 42.7 Å². The number of aliphatic imine (C=N–C) groups is 1. The van der Waals surface area contributed by atoms with E-state index in [-0.39, 0.29) is 0 Å². The molecular weight excluding hydrogens is 380 g/mol. The van der Waals surface area contributed by atoms with Crippen LogP contribution in [0.3, 0.4) is 0 Å². The minimum absolute atomic E-state index is 0.609. The van der Waals surface area contributed by atoms with Gasteiger partial charge in [-0.25, -0.2) is 9.98 Å². The topological polar surface area (TPSA) is 67.1 Å². The van der Waals surface area contributed by atoms with Gasteiger partial charge in [-0.3, -0.25) is 4.68 Å². The minimum Gasteiger partial charge on any atom is -0.357 e. The Morgan fingerprint density at radius 3 is 2.62 bits per heavy atom. The summed E-state index contributed by atoms with van der Waals surface area (Å²) in [7, 11) is 0. The number of rotatable bonds is 8.